The number of nitrogens with zero attached hydrogens (tertiary/aromatic N) is 4. The SMILES string of the molecule is COc1ccccc1-n1c(C(N)=O)cnc1-c1nnc(SCCO)s1. The van der Waals surface area contributed by atoms with Crippen molar-refractivity contribution in [2.24, 2.45) is 5.73 Å². The van der Waals surface area contributed by atoms with Crippen molar-refractivity contribution in [3.8, 4) is 22.3 Å². The number of aliphatic hydroxyl groups is 1. The van der Waals surface area contributed by atoms with E-state index in [1.807, 2.05) is 12.1 Å². The summed E-state index contributed by atoms with van der Waals surface area (Å²) in [6.07, 6.45) is 1.41. The number of hydrogen-bond donors (Lipinski definition) is 2. The lowest BCUT2D eigenvalue weighted by Crippen LogP contribution is -2.16. The van der Waals surface area contributed by atoms with Crippen LogP contribution in [0.2, 0.25) is 0 Å². The first-order valence-corrected chi connectivity index (χ1v) is 9.04. The molecule has 10 heteroatoms. The molecule has 2 aromatic heterocycles. The fraction of sp³-hybridized carbons (Fsp3) is 0.200. The third-order valence-corrected chi connectivity index (χ3v) is 5.29. The van der Waals surface area contributed by atoms with Crippen LogP contribution in [0.3, 0.4) is 0 Å². The molecular weight excluding hydrogens is 362 g/mol. The largest absolute Gasteiger partial charge is 0.495 e. The second-order valence-electron chi connectivity index (χ2n) is 4.78. The molecule has 3 rings (SSSR count). The molecule has 0 unspecified atom stereocenters. The molecule has 0 aliphatic heterocycles. The van der Waals surface area contributed by atoms with Gasteiger partial charge in [-0.2, -0.15) is 0 Å². The van der Waals surface area contributed by atoms with Crippen LogP contribution in [0.5, 0.6) is 5.75 Å². The maximum absolute atomic E-state index is 11.8. The van der Waals surface area contributed by atoms with Gasteiger partial charge in [0.15, 0.2) is 15.2 Å². The van der Waals surface area contributed by atoms with E-state index >= 15 is 0 Å². The molecule has 0 saturated carbocycles. The predicted molar refractivity (Wildman–Crippen MR) is 95.3 cm³/mol. The molecule has 3 N–H and O–H groups in total. The van der Waals surface area contributed by atoms with Gasteiger partial charge < -0.3 is 15.6 Å². The van der Waals surface area contributed by atoms with Gasteiger partial charge in [0, 0.05) is 5.75 Å². The van der Waals surface area contributed by atoms with Crippen LogP contribution in [0, 0.1) is 0 Å². The summed E-state index contributed by atoms with van der Waals surface area (Å²) >= 11 is 2.73. The number of para-hydroxylation sites is 2. The van der Waals surface area contributed by atoms with Gasteiger partial charge in [-0.05, 0) is 12.1 Å². The van der Waals surface area contributed by atoms with Crippen LogP contribution in [0.15, 0.2) is 34.8 Å². The summed E-state index contributed by atoms with van der Waals surface area (Å²) in [6, 6.07) is 7.25. The van der Waals surface area contributed by atoms with Gasteiger partial charge in [0.1, 0.15) is 11.4 Å². The summed E-state index contributed by atoms with van der Waals surface area (Å²) in [6.45, 7) is 0.0568. The van der Waals surface area contributed by atoms with Gasteiger partial charge in [0.05, 0.1) is 25.6 Å². The second-order valence-corrected chi connectivity index (χ2v) is 7.10. The van der Waals surface area contributed by atoms with E-state index in [4.69, 9.17) is 15.6 Å². The first-order chi connectivity index (χ1) is 12.2. The first-order valence-electron chi connectivity index (χ1n) is 7.24. The topological polar surface area (TPSA) is 116 Å². The number of rotatable bonds is 7. The van der Waals surface area contributed by atoms with Gasteiger partial charge in [-0.3, -0.25) is 9.36 Å². The van der Waals surface area contributed by atoms with E-state index < -0.39 is 5.91 Å². The average Bonchev–Trinajstić information content (AvgIpc) is 3.26. The van der Waals surface area contributed by atoms with E-state index in [-0.39, 0.29) is 12.3 Å². The fourth-order valence-corrected chi connectivity index (χ4v) is 3.88. The number of primary amides is 1. The molecule has 0 fully saturated rings. The molecule has 25 heavy (non-hydrogen) atoms. The highest BCUT2D eigenvalue weighted by Gasteiger charge is 2.22. The number of nitrogens with two attached hydrogens (primary N) is 1. The van der Waals surface area contributed by atoms with Crippen molar-refractivity contribution < 1.29 is 14.6 Å². The monoisotopic (exact) mass is 377 g/mol. The van der Waals surface area contributed by atoms with E-state index in [1.165, 1.54) is 29.3 Å². The number of thioether (sulfide) groups is 1. The fourth-order valence-electron chi connectivity index (χ4n) is 2.23. The van der Waals surface area contributed by atoms with Crippen LogP contribution >= 0.6 is 23.1 Å². The first kappa shape index (κ1) is 17.4. The number of aromatic nitrogens is 4. The summed E-state index contributed by atoms with van der Waals surface area (Å²) in [4.78, 5) is 16.2. The summed E-state index contributed by atoms with van der Waals surface area (Å²) in [5, 5.41) is 17.7. The standard InChI is InChI=1S/C15H15N5O3S2/c1-23-11-5-3-2-4-9(11)20-10(12(16)22)8-17-13(20)14-18-19-15(25-14)24-7-6-21/h2-5,8,21H,6-7H2,1H3,(H2,16,22). The lowest BCUT2D eigenvalue weighted by molar-refractivity contribution is 0.0994. The summed E-state index contributed by atoms with van der Waals surface area (Å²) in [5.41, 5.74) is 6.35. The second kappa shape index (κ2) is 7.64. The van der Waals surface area contributed by atoms with E-state index in [1.54, 1.807) is 23.8 Å². The number of carbonyl (C=O) groups is 1. The number of benzene rings is 1. The molecule has 3 aromatic rings. The third-order valence-electron chi connectivity index (χ3n) is 3.25. The number of methoxy groups -OCH3 is 1. The highest BCUT2D eigenvalue weighted by atomic mass is 32.2. The predicted octanol–water partition coefficient (Wildman–Crippen LogP) is 1.58. The Bertz CT molecular complexity index is 893. The Labute approximate surface area is 151 Å². The third kappa shape index (κ3) is 3.50. The zero-order valence-corrected chi connectivity index (χ0v) is 14.9. The van der Waals surface area contributed by atoms with Crippen molar-refractivity contribution in [2.45, 2.75) is 4.34 Å². The molecule has 0 spiro atoms. The van der Waals surface area contributed by atoms with Crippen LogP contribution in [0.1, 0.15) is 10.5 Å². The highest BCUT2D eigenvalue weighted by molar-refractivity contribution is 8.01. The number of hydrogen-bond acceptors (Lipinski definition) is 8. The molecule has 0 aliphatic rings. The number of imidazole rings is 1. The van der Waals surface area contributed by atoms with Crippen LogP contribution < -0.4 is 10.5 Å². The van der Waals surface area contributed by atoms with Crippen molar-refractivity contribution in [3.63, 3.8) is 0 Å². The number of ether oxygens (including phenoxy) is 1. The van der Waals surface area contributed by atoms with E-state index in [2.05, 4.69) is 15.2 Å². The minimum atomic E-state index is -0.607. The zero-order chi connectivity index (χ0) is 17.8. The van der Waals surface area contributed by atoms with Crippen molar-refractivity contribution in [1.82, 2.24) is 19.7 Å². The van der Waals surface area contributed by atoms with Gasteiger partial charge in [0.2, 0.25) is 0 Å². The molecule has 0 bridgehead atoms. The van der Waals surface area contributed by atoms with Crippen molar-refractivity contribution in [3.05, 3.63) is 36.2 Å². The maximum atomic E-state index is 11.8. The van der Waals surface area contributed by atoms with Crippen molar-refractivity contribution in [2.75, 3.05) is 19.5 Å². The molecule has 0 atom stereocenters. The van der Waals surface area contributed by atoms with Gasteiger partial charge in [-0.1, -0.05) is 35.2 Å². The zero-order valence-electron chi connectivity index (χ0n) is 13.2. The molecule has 0 aliphatic carbocycles. The van der Waals surface area contributed by atoms with Crippen LogP contribution in [-0.4, -0.2) is 50.2 Å². The summed E-state index contributed by atoms with van der Waals surface area (Å²) in [5.74, 6) is 0.946. The molecule has 0 radical (unpaired) electrons. The molecule has 130 valence electrons. The minimum Gasteiger partial charge on any atom is -0.495 e. The number of amides is 1. The van der Waals surface area contributed by atoms with Gasteiger partial charge in [0.25, 0.3) is 5.91 Å². The number of aliphatic hydroxyl groups excluding tert-OH is 1. The van der Waals surface area contributed by atoms with Crippen molar-refractivity contribution in [1.29, 1.82) is 0 Å². The molecule has 8 nitrogen and oxygen atoms in total. The molecule has 0 saturated heterocycles. The summed E-state index contributed by atoms with van der Waals surface area (Å²) in [7, 11) is 1.55. The Balaban J connectivity index is 2.12. The Morgan fingerprint density at radius 2 is 2.20 bits per heavy atom. The van der Waals surface area contributed by atoms with Gasteiger partial charge >= 0.3 is 0 Å². The highest BCUT2D eigenvalue weighted by Crippen LogP contribution is 2.33. The van der Waals surface area contributed by atoms with Gasteiger partial charge in [-0.25, -0.2) is 4.98 Å². The summed E-state index contributed by atoms with van der Waals surface area (Å²) < 4.78 is 7.71. The van der Waals surface area contributed by atoms with Crippen LogP contribution in [-0.2, 0) is 0 Å². The van der Waals surface area contributed by atoms with E-state index in [9.17, 15) is 4.79 Å². The molecule has 1 aromatic carbocycles. The Kier molecular flexibility index (Phi) is 5.31. The van der Waals surface area contributed by atoms with E-state index in [0.717, 1.165) is 0 Å². The number of carbonyl (C=O) groups excluding carboxylic acids is 1. The quantitative estimate of drug-likeness (QED) is 0.601. The van der Waals surface area contributed by atoms with Crippen molar-refractivity contribution >= 4 is 29.0 Å². The van der Waals surface area contributed by atoms with Gasteiger partial charge in [-0.15, -0.1) is 10.2 Å². The Morgan fingerprint density at radius 1 is 1.40 bits per heavy atom. The smallest absolute Gasteiger partial charge is 0.267 e. The average molecular weight is 377 g/mol. The Hall–Kier alpha value is -2.43. The van der Waals surface area contributed by atoms with E-state index in [0.29, 0.717) is 32.4 Å². The maximum Gasteiger partial charge on any atom is 0.267 e. The lowest BCUT2D eigenvalue weighted by Gasteiger charge is -2.12. The van der Waals surface area contributed by atoms with Crippen LogP contribution in [0.4, 0.5) is 0 Å². The lowest BCUT2D eigenvalue weighted by atomic mass is 10.2. The van der Waals surface area contributed by atoms with Crippen LogP contribution in [0.25, 0.3) is 16.5 Å². The molecular formula is C15H15N5O3S2. The minimum absolute atomic E-state index is 0.0568. The Morgan fingerprint density at radius 3 is 2.92 bits per heavy atom. The molecule has 1 amide bonds. The normalized spacial score (nSPS) is 10.8. The molecule has 2 heterocycles.